The third-order valence-corrected chi connectivity index (χ3v) is 5.17. The lowest BCUT2D eigenvalue weighted by atomic mass is 10.2. The highest BCUT2D eigenvalue weighted by atomic mass is 16.6. The first-order chi connectivity index (χ1) is 13.9. The number of hydrogen-bond acceptors (Lipinski definition) is 6. The van der Waals surface area contributed by atoms with Gasteiger partial charge in [-0.1, -0.05) is 0 Å². The molecule has 2 aliphatic heterocycles. The molecule has 1 aromatic carbocycles. The average molecular weight is 403 g/mol. The van der Waals surface area contributed by atoms with Crippen molar-refractivity contribution in [1.82, 2.24) is 15.1 Å². The fourth-order valence-corrected chi connectivity index (χ4v) is 3.46. The monoisotopic (exact) mass is 403 g/mol. The van der Waals surface area contributed by atoms with Crippen LogP contribution in [0.4, 0.5) is 10.5 Å². The van der Waals surface area contributed by atoms with Gasteiger partial charge >= 0.3 is 6.09 Å². The summed E-state index contributed by atoms with van der Waals surface area (Å²) in [5.74, 6) is 0.698. The van der Waals surface area contributed by atoms with Crippen molar-refractivity contribution in [3.63, 3.8) is 0 Å². The van der Waals surface area contributed by atoms with Crippen LogP contribution in [-0.4, -0.2) is 71.3 Å². The number of piperazine rings is 1. The maximum atomic E-state index is 12.4. The molecule has 3 rings (SSSR count). The summed E-state index contributed by atoms with van der Waals surface area (Å²) in [6.45, 7) is 5.05. The topological polar surface area (TPSA) is 117 Å². The van der Waals surface area contributed by atoms with E-state index in [0.717, 1.165) is 19.4 Å². The van der Waals surface area contributed by atoms with Crippen LogP contribution in [0, 0.1) is 10.1 Å². The molecule has 0 spiro atoms. The first-order valence-electron chi connectivity index (χ1n) is 9.66. The summed E-state index contributed by atoms with van der Waals surface area (Å²) in [5, 5.41) is 13.9. The van der Waals surface area contributed by atoms with E-state index in [1.54, 1.807) is 6.92 Å². The predicted octanol–water partition coefficient (Wildman–Crippen LogP) is 1.55. The highest BCUT2D eigenvalue weighted by Gasteiger charge is 2.29. The normalized spacial score (nSPS) is 19.9. The molecule has 2 amide bonds. The van der Waals surface area contributed by atoms with Gasteiger partial charge in [-0.2, -0.15) is 4.99 Å². The second-order valence-electron chi connectivity index (χ2n) is 7.10. The number of nitrogens with zero attached hydrogens (tertiary/aromatic N) is 4. The van der Waals surface area contributed by atoms with Crippen LogP contribution in [0.25, 0.3) is 0 Å². The van der Waals surface area contributed by atoms with Crippen molar-refractivity contribution in [2.24, 2.45) is 4.99 Å². The lowest BCUT2D eigenvalue weighted by Gasteiger charge is -2.36. The number of amidine groups is 1. The van der Waals surface area contributed by atoms with Crippen LogP contribution in [-0.2, 0) is 16.1 Å². The van der Waals surface area contributed by atoms with Gasteiger partial charge in [-0.05, 0) is 44.0 Å². The van der Waals surface area contributed by atoms with Crippen molar-refractivity contribution in [3.8, 4) is 0 Å². The molecule has 29 heavy (non-hydrogen) atoms. The molecule has 2 heterocycles. The molecule has 10 heteroatoms. The molecule has 0 radical (unpaired) electrons. The number of aliphatic imine (C=N–C) groups is 1. The Bertz CT molecular complexity index is 781. The fourth-order valence-electron chi connectivity index (χ4n) is 3.46. The molecular weight excluding hydrogens is 378 g/mol. The van der Waals surface area contributed by atoms with Crippen LogP contribution in [0.15, 0.2) is 29.3 Å². The molecule has 1 aromatic rings. The molecule has 2 saturated heterocycles. The predicted molar refractivity (Wildman–Crippen MR) is 106 cm³/mol. The van der Waals surface area contributed by atoms with Crippen molar-refractivity contribution in [3.05, 3.63) is 39.9 Å². The number of nitrogens with one attached hydrogen (secondary N) is 1. The van der Waals surface area contributed by atoms with E-state index < -0.39 is 11.0 Å². The number of hydrogen-bond donors (Lipinski definition) is 1. The number of carbonyl (C=O) groups excluding carboxylic acids is 2. The summed E-state index contributed by atoms with van der Waals surface area (Å²) in [6.07, 6.45) is 1.21. The number of amides is 2. The summed E-state index contributed by atoms with van der Waals surface area (Å²) >= 11 is 0. The Hall–Kier alpha value is -3.01. The van der Waals surface area contributed by atoms with E-state index in [2.05, 4.69) is 10.3 Å². The van der Waals surface area contributed by atoms with Crippen molar-refractivity contribution in [2.45, 2.75) is 32.4 Å². The van der Waals surface area contributed by atoms with E-state index in [9.17, 15) is 19.7 Å². The van der Waals surface area contributed by atoms with E-state index in [0.29, 0.717) is 37.6 Å². The smallest absolute Gasteiger partial charge is 0.435 e. The van der Waals surface area contributed by atoms with Crippen molar-refractivity contribution < 1.29 is 19.2 Å². The molecule has 1 atom stereocenters. The van der Waals surface area contributed by atoms with Gasteiger partial charge in [-0.3, -0.25) is 14.9 Å². The van der Waals surface area contributed by atoms with E-state index in [1.165, 1.54) is 24.3 Å². The molecule has 0 aromatic heterocycles. The second kappa shape index (κ2) is 9.46. The standard InChI is InChI=1S/C19H25N5O5/c1-14(21-19(26)29-13-15-4-6-16(7-5-15)24(27)28)22-9-11-23(12-10-22)18(25)17-3-2-8-20-17/h4-7,17,20H,2-3,8-13H2,1H3. The van der Waals surface area contributed by atoms with Gasteiger partial charge in [-0.15, -0.1) is 0 Å². The minimum Gasteiger partial charge on any atom is -0.443 e. The Morgan fingerprint density at radius 1 is 1.21 bits per heavy atom. The average Bonchev–Trinajstić information content (AvgIpc) is 3.27. The van der Waals surface area contributed by atoms with Crippen molar-refractivity contribution in [2.75, 3.05) is 32.7 Å². The van der Waals surface area contributed by atoms with Crippen LogP contribution in [0.2, 0.25) is 0 Å². The first-order valence-corrected chi connectivity index (χ1v) is 9.66. The molecule has 0 aliphatic carbocycles. The zero-order valence-electron chi connectivity index (χ0n) is 16.4. The summed E-state index contributed by atoms with van der Waals surface area (Å²) in [6, 6.07) is 5.74. The number of carbonyl (C=O) groups is 2. The van der Waals surface area contributed by atoms with E-state index in [4.69, 9.17) is 4.74 Å². The van der Waals surface area contributed by atoms with Gasteiger partial charge in [0.15, 0.2) is 0 Å². The third kappa shape index (κ3) is 5.50. The Labute approximate surface area is 168 Å². The quantitative estimate of drug-likeness (QED) is 0.351. The maximum Gasteiger partial charge on any atom is 0.435 e. The van der Waals surface area contributed by atoms with Crippen LogP contribution in [0.3, 0.4) is 0 Å². The molecule has 1 N–H and O–H groups in total. The van der Waals surface area contributed by atoms with Gasteiger partial charge in [0.1, 0.15) is 12.4 Å². The van der Waals surface area contributed by atoms with Crippen LogP contribution in [0.1, 0.15) is 25.3 Å². The van der Waals surface area contributed by atoms with Gasteiger partial charge in [0.25, 0.3) is 5.69 Å². The van der Waals surface area contributed by atoms with Crippen molar-refractivity contribution >= 4 is 23.5 Å². The molecule has 0 saturated carbocycles. The summed E-state index contributed by atoms with van der Waals surface area (Å²) in [5.41, 5.74) is 0.625. The van der Waals surface area contributed by atoms with Crippen LogP contribution < -0.4 is 5.32 Å². The third-order valence-electron chi connectivity index (χ3n) is 5.17. The number of nitro groups is 1. The molecule has 156 valence electrons. The number of non-ortho nitro benzene ring substituents is 1. The largest absolute Gasteiger partial charge is 0.443 e. The summed E-state index contributed by atoms with van der Waals surface area (Å²) in [4.78, 5) is 42.4. The Morgan fingerprint density at radius 2 is 1.86 bits per heavy atom. The molecule has 2 fully saturated rings. The zero-order valence-corrected chi connectivity index (χ0v) is 16.4. The van der Waals surface area contributed by atoms with Crippen LogP contribution >= 0.6 is 0 Å². The summed E-state index contributed by atoms with van der Waals surface area (Å²) < 4.78 is 5.12. The van der Waals surface area contributed by atoms with E-state index >= 15 is 0 Å². The fraction of sp³-hybridized carbons (Fsp3) is 0.526. The Morgan fingerprint density at radius 3 is 2.45 bits per heavy atom. The van der Waals surface area contributed by atoms with Gasteiger partial charge < -0.3 is 19.9 Å². The molecule has 2 aliphatic rings. The van der Waals surface area contributed by atoms with Crippen molar-refractivity contribution in [1.29, 1.82) is 0 Å². The molecule has 0 bridgehead atoms. The van der Waals surface area contributed by atoms with Gasteiger partial charge in [0, 0.05) is 38.3 Å². The Balaban J connectivity index is 1.44. The zero-order chi connectivity index (χ0) is 20.8. The lowest BCUT2D eigenvalue weighted by Crippen LogP contribution is -2.54. The molecule has 1 unspecified atom stereocenters. The maximum absolute atomic E-state index is 12.4. The summed E-state index contributed by atoms with van der Waals surface area (Å²) in [7, 11) is 0. The number of ether oxygens (including phenoxy) is 1. The highest BCUT2D eigenvalue weighted by Crippen LogP contribution is 2.13. The lowest BCUT2D eigenvalue weighted by molar-refractivity contribution is -0.384. The van der Waals surface area contributed by atoms with E-state index in [1.807, 2.05) is 9.80 Å². The van der Waals surface area contributed by atoms with Gasteiger partial charge in [-0.25, -0.2) is 4.79 Å². The molecular formula is C19H25N5O5. The van der Waals surface area contributed by atoms with Crippen LogP contribution in [0.5, 0.6) is 0 Å². The Kier molecular flexibility index (Phi) is 6.76. The second-order valence-corrected chi connectivity index (χ2v) is 7.10. The SMILES string of the molecule is CC(=NC(=O)OCc1ccc([N+](=O)[O-])cc1)N1CCN(C(=O)C2CCCN2)CC1. The number of nitro benzene ring substituents is 1. The highest BCUT2D eigenvalue weighted by molar-refractivity contribution is 5.90. The van der Waals surface area contributed by atoms with Gasteiger partial charge in [0.05, 0.1) is 11.0 Å². The van der Waals surface area contributed by atoms with E-state index in [-0.39, 0.29) is 24.2 Å². The minimum absolute atomic E-state index is 0.00965. The number of rotatable bonds is 4. The first kappa shape index (κ1) is 20.7. The number of benzene rings is 1. The molecule has 10 nitrogen and oxygen atoms in total. The van der Waals surface area contributed by atoms with Gasteiger partial charge in [0.2, 0.25) is 5.91 Å². The minimum atomic E-state index is -0.713.